The lowest BCUT2D eigenvalue weighted by atomic mass is 10.2. The molecule has 0 aliphatic rings. The Morgan fingerprint density at radius 1 is 1.20 bits per heavy atom. The number of aromatic hydroxyl groups is 1. The largest absolute Gasteiger partial charge is 0.507 e. The summed E-state index contributed by atoms with van der Waals surface area (Å²) in [5, 5.41) is 9.80. The van der Waals surface area contributed by atoms with Crippen molar-refractivity contribution in [1.82, 2.24) is 0 Å². The van der Waals surface area contributed by atoms with E-state index in [0.717, 1.165) is 14.3 Å². The number of hydrogen-bond acceptors (Lipinski definition) is 5. The Morgan fingerprint density at radius 3 is 2.52 bits per heavy atom. The van der Waals surface area contributed by atoms with Crippen molar-refractivity contribution in [2.24, 2.45) is 0 Å². The number of phenols is 1. The highest BCUT2D eigenvalue weighted by Gasteiger charge is 2.14. The molecular weight excluding hydrogens is 456 g/mol. The van der Waals surface area contributed by atoms with Crippen LogP contribution in [0.15, 0.2) is 56.0 Å². The number of phenolic OH excluding ortho intramolecular Hbond substituents is 1. The van der Waals surface area contributed by atoms with Gasteiger partial charge in [-0.1, -0.05) is 31.9 Å². The number of aldehydes is 1. The molecule has 3 rings (SSSR count). The number of furan rings is 1. The smallest absolute Gasteiger partial charge is 0.342 e. The maximum absolute atomic E-state index is 11.5. The molecule has 0 fully saturated rings. The number of benzene rings is 2. The van der Waals surface area contributed by atoms with E-state index < -0.39 is 0 Å². The SMILES string of the molecule is CCOC(=O)c1coc2cc(Br)ccc12.O=Cc1ccc(Br)cc1O. The molecule has 7 heteroatoms. The average molecular weight is 470 g/mol. The molecule has 1 N–H and O–H groups in total. The molecule has 1 aromatic heterocycles. The molecule has 0 spiro atoms. The van der Waals surface area contributed by atoms with Crippen LogP contribution in [0.5, 0.6) is 5.75 Å². The van der Waals surface area contributed by atoms with E-state index in [1.54, 1.807) is 19.1 Å². The van der Waals surface area contributed by atoms with Crippen molar-refractivity contribution in [2.75, 3.05) is 6.61 Å². The zero-order valence-electron chi connectivity index (χ0n) is 13.2. The van der Waals surface area contributed by atoms with E-state index in [1.165, 1.54) is 12.3 Å². The summed E-state index contributed by atoms with van der Waals surface area (Å²) in [7, 11) is 0. The molecule has 0 unspecified atom stereocenters. The Balaban J connectivity index is 0.000000196. The maximum Gasteiger partial charge on any atom is 0.342 e. The Labute approximate surface area is 160 Å². The maximum atomic E-state index is 11.5. The van der Waals surface area contributed by atoms with Crippen molar-refractivity contribution < 1.29 is 23.8 Å². The molecular formula is C18H14Br2O5. The fourth-order valence-electron chi connectivity index (χ4n) is 1.99. The first-order valence-corrected chi connectivity index (χ1v) is 8.82. The first-order chi connectivity index (χ1) is 12.0. The van der Waals surface area contributed by atoms with E-state index in [-0.39, 0.29) is 11.7 Å². The van der Waals surface area contributed by atoms with Gasteiger partial charge in [-0.3, -0.25) is 4.79 Å². The minimum absolute atomic E-state index is 0.00405. The second kappa shape index (κ2) is 8.82. The van der Waals surface area contributed by atoms with Crippen LogP contribution in [0.3, 0.4) is 0 Å². The number of fused-ring (bicyclic) bond motifs is 1. The zero-order valence-corrected chi connectivity index (χ0v) is 16.3. The van der Waals surface area contributed by atoms with E-state index in [2.05, 4.69) is 31.9 Å². The zero-order chi connectivity index (χ0) is 18.4. The number of rotatable bonds is 3. The summed E-state index contributed by atoms with van der Waals surface area (Å²) < 4.78 is 11.9. The number of ether oxygens (including phenoxy) is 1. The van der Waals surface area contributed by atoms with Gasteiger partial charge in [0.05, 0.1) is 12.2 Å². The monoisotopic (exact) mass is 468 g/mol. The molecule has 3 aromatic rings. The topological polar surface area (TPSA) is 76.7 Å². The van der Waals surface area contributed by atoms with Crippen molar-refractivity contribution >= 4 is 55.1 Å². The minimum Gasteiger partial charge on any atom is -0.507 e. The lowest BCUT2D eigenvalue weighted by Crippen LogP contribution is -2.03. The summed E-state index contributed by atoms with van der Waals surface area (Å²) in [6.45, 7) is 2.14. The highest BCUT2D eigenvalue weighted by atomic mass is 79.9. The van der Waals surface area contributed by atoms with Crippen LogP contribution in [0.2, 0.25) is 0 Å². The molecule has 0 saturated carbocycles. The summed E-state index contributed by atoms with van der Waals surface area (Å²) in [5.41, 5.74) is 1.45. The molecule has 130 valence electrons. The van der Waals surface area contributed by atoms with E-state index >= 15 is 0 Å². The molecule has 0 bridgehead atoms. The van der Waals surface area contributed by atoms with E-state index in [4.69, 9.17) is 14.3 Å². The standard InChI is InChI=1S/C11H9BrO3.C7H5BrO2/c1-2-14-11(13)9-6-15-10-5-7(12)3-4-8(9)10;8-6-2-1-5(4-9)7(10)3-6/h3-6H,2H2,1H3;1-4,10H. The number of esters is 1. The third kappa shape index (κ3) is 4.93. The fraction of sp³-hybridized carbons (Fsp3) is 0.111. The van der Waals surface area contributed by atoms with Crippen LogP contribution < -0.4 is 0 Å². The van der Waals surface area contributed by atoms with E-state index in [1.807, 2.05) is 18.2 Å². The second-order valence-electron chi connectivity index (χ2n) is 4.83. The first-order valence-electron chi connectivity index (χ1n) is 7.23. The normalized spacial score (nSPS) is 10.0. The van der Waals surface area contributed by atoms with Gasteiger partial charge in [0.15, 0.2) is 6.29 Å². The summed E-state index contributed by atoms with van der Waals surface area (Å²) in [4.78, 5) is 21.7. The van der Waals surface area contributed by atoms with Crippen molar-refractivity contribution in [1.29, 1.82) is 0 Å². The molecule has 0 aliphatic heterocycles. The lowest BCUT2D eigenvalue weighted by Gasteiger charge is -1.98. The van der Waals surface area contributed by atoms with Gasteiger partial charge in [0, 0.05) is 14.3 Å². The van der Waals surface area contributed by atoms with Gasteiger partial charge in [-0.05, 0) is 43.3 Å². The lowest BCUT2D eigenvalue weighted by molar-refractivity contribution is 0.0527. The molecule has 0 aliphatic carbocycles. The van der Waals surface area contributed by atoms with Crippen molar-refractivity contribution in [2.45, 2.75) is 6.92 Å². The van der Waals surface area contributed by atoms with Crippen molar-refractivity contribution in [3.63, 3.8) is 0 Å². The van der Waals surface area contributed by atoms with Gasteiger partial charge in [0.1, 0.15) is 23.2 Å². The summed E-state index contributed by atoms with van der Waals surface area (Å²) >= 11 is 6.48. The van der Waals surface area contributed by atoms with Crippen LogP contribution >= 0.6 is 31.9 Å². The number of carbonyl (C=O) groups excluding carboxylic acids is 2. The summed E-state index contributed by atoms with van der Waals surface area (Å²) in [5.74, 6) is -0.344. The minimum atomic E-state index is -0.349. The average Bonchev–Trinajstić information content (AvgIpc) is 2.99. The third-order valence-corrected chi connectivity index (χ3v) is 4.14. The van der Waals surface area contributed by atoms with E-state index in [9.17, 15) is 9.59 Å². The Bertz CT molecular complexity index is 902. The first kappa shape index (κ1) is 19.2. The predicted octanol–water partition coefficient (Wildman–Crippen LogP) is 5.34. The number of halogens is 2. The molecule has 0 saturated heterocycles. The molecule has 2 aromatic carbocycles. The molecule has 25 heavy (non-hydrogen) atoms. The molecule has 1 heterocycles. The Morgan fingerprint density at radius 2 is 1.88 bits per heavy atom. The molecule has 0 radical (unpaired) electrons. The van der Waals surface area contributed by atoms with Gasteiger partial charge in [-0.25, -0.2) is 4.79 Å². The van der Waals surface area contributed by atoms with Gasteiger partial charge >= 0.3 is 5.97 Å². The molecule has 0 atom stereocenters. The summed E-state index contributed by atoms with van der Waals surface area (Å²) in [6.07, 6.45) is 2.04. The Hall–Kier alpha value is -2.12. The fourth-order valence-corrected chi connectivity index (χ4v) is 2.67. The van der Waals surface area contributed by atoms with Gasteiger partial charge in [0.2, 0.25) is 0 Å². The third-order valence-electron chi connectivity index (χ3n) is 3.15. The van der Waals surface area contributed by atoms with Crippen LogP contribution in [0.25, 0.3) is 11.0 Å². The highest BCUT2D eigenvalue weighted by Crippen LogP contribution is 2.25. The van der Waals surface area contributed by atoms with Crippen LogP contribution in [-0.4, -0.2) is 24.0 Å². The van der Waals surface area contributed by atoms with Gasteiger partial charge in [0.25, 0.3) is 0 Å². The Kier molecular flexibility index (Phi) is 6.78. The van der Waals surface area contributed by atoms with Gasteiger partial charge in [-0.15, -0.1) is 0 Å². The number of carbonyl (C=O) groups is 2. The molecule has 5 nitrogen and oxygen atoms in total. The van der Waals surface area contributed by atoms with Crippen LogP contribution in [0, 0.1) is 0 Å². The van der Waals surface area contributed by atoms with Gasteiger partial charge < -0.3 is 14.3 Å². The van der Waals surface area contributed by atoms with Crippen LogP contribution in [-0.2, 0) is 4.74 Å². The molecule has 0 amide bonds. The van der Waals surface area contributed by atoms with Crippen LogP contribution in [0.4, 0.5) is 0 Å². The highest BCUT2D eigenvalue weighted by molar-refractivity contribution is 9.10. The summed E-state index contributed by atoms with van der Waals surface area (Å²) in [6, 6.07) is 10.2. The van der Waals surface area contributed by atoms with Crippen molar-refractivity contribution in [3.05, 3.63) is 62.7 Å². The van der Waals surface area contributed by atoms with E-state index in [0.29, 0.717) is 29.6 Å². The quantitative estimate of drug-likeness (QED) is 0.413. The van der Waals surface area contributed by atoms with Crippen molar-refractivity contribution in [3.8, 4) is 5.75 Å². The number of hydrogen-bond donors (Lipinski definition) is 1. The second-order valence-corrected chi connectivity index (χ2v) is 6.66. The van der Waals surface area contributed by atoms with Crippen LogP contribution in [0.1, 0.15) is 27.6 Å². The van der Waals surface area contributed by atoms with Gasteiger partial charge in [-0.2, -0.15) is 0 Å². The predicted molar refractivity (Wildman–Crippen MR) is 101 cm³/mol.